The number of likely N-dealkylation sites (N-methyl/N-ethyl adjacent to an activating group) is 1. The molecule has 0 aromatic carbocycles. The highest BCUT2D eigenvalue weighted by Crippen LogP contribution is 2.25. The van der Waals surface area contributed by atoms with Crippen molar-refractivity contribution in [3.63, 3.8) is 0 Å². The number of pyridine rings is 1. The van der Waals surface area contributed by atoms with Crippen molar-refractivity contribution in [2.24, 2.45) is 0 Å². The van der Waals surface area contributed by atoms with Gasteiger partial charge in [0.1, 0.15) is 0 Å². The van der Waals surface area contributed by atoms with E-state index in [1.165, 1.54) is 30.5 Å². The number of nitrogens with one attached hydrogen (secondary N) is 1. The van der Waals surface area contributed by atoms with Crippen molar-refractivity contribution in [2.75, 3.05) is 7.05 Å². The molecule has 6 nitrogen and oxygen atoms in total. The SMILES string of the molecule is CN1NC(=O)c2ccncc2C1C(=O)O. The van der Waals surface area contributed by atoms with Crippen molar-refractivity contribution >= 4 is 11.9 Å². The second-order valence-electron chi connectivity index (χ2n) is 3.26. The van der Waals surface area contributed by atoms with E-state index < -0.39 is 12.0 Å². The van der Waals surface area contributed by atoms with Crippen LogP contribution in [0, 0.1) is 0 Å². The lowest BCUT2D eigenvalue weighted by Gasteiger charge is -2.30. The van der Waals surface area contributed by atoms with Crippen molar-refractivity contribution in [2.45, 2.75) is 6.04 Å². The Morgan fingerprint density at radius 2 is 2.40 bits per heavy atom. The molecule has 0 aliphatic carbocycles. The largest absolute Gasteiger partial charge is 0.480 e. The number of hydrogen-bond donors (Lipinski definition) is 2. The van der Waals surface area contributed by atoms with Gasteiger partial charge in [-0.25, -0.2) is 5.01 Å². The lowest BCUT2D eigenvalue weighted by Crippen LogP contribution is -2.49. The summed E-state index contributed by atoms with van der Waals surface area (Å²) in [6.45, 7) is 0. The number of aromatic nitrogens is 1. The highest BCUT2D eigenvalue weighted by atomic mass is 16.4. The van der Waals surface area contributed by atoms with Gasteiger partial charge in [-0.2, -0.15) is 0 Å². The molecule has 2 rings (SSSR count). The van der Waals surface area contributed by atoms with E-state index in [1.807, 2.05) is 0 Å². The molecule has 1 aromatic rings. The number of hydrazine groups is 1. The average Bonchev–Trinajstić information content (AvgIpc) is 2.17. The molecule has 0 fully saturated rings. The van der Waals surface area contributed by atoms with E-state index in [9.17, 15) is 9.59 Å². The minimum Gasteiger partial charge on any atom is -0.480 e. The van der Waals surface area contributed by atoms with Crippen molar-refractivity contribution in [3.05, 3.63) is 29.6 Å². The number of fused-ring (bicyclic) bond motifs is 1. The maximum atomic E-state index is 11.5. The van der Waals surface area contributed by atoms with Gasteiger partial charge in [0, 0.05) is 30.6 Å². The van der Waals surface area contributed by atoms with Gasteiger partial charge in [0.25, 0.3) is 5.91 Å². The van der Waals surface area contributed by atoms with Crippen LogP contribution in [0.1, 0.15) is 22.0 Å². The number of hydrogen-bond acceptors (Lipinski definition) is 4. The third kappa shape index (κ3) is 1.44. The summed E-state index contributed by atoms with van der Waals surface area (Å²) >= 11 is 0. The van der Waals surface area contributed by atoms with E-state index in [0.29, 0.717) is 11.1 Å². The summed E-state index contributed by atoms with van der Waals surface area (Å²) in [6, 6.07) is 0.625. The first kappa shape index (κ1) is 9.60. The number of rotatable bonds is 1. The van der Waals surface area contributed by atoms with Crippen LogP contribution in [0.5, 0.6) is 0 Å². The molecule has 1 aliphatic heterocycles. The van der Waals surface area contributed by atoms with Gasteiger partial charge in [0.15, 0.2) is 6.04 Å². The maximum Gasteiger partial charge on any atom is 0.327 e. The lowest BCUT2D eigenvalue weighted by molar-refractivity contribution is -0.144. The molecular weight excluding hydrogens is 198 g/mol. The van der Waals surface area contributed by atoms with Crippen LogP contribution < -0.4 is 5.43 Å². The molecule has 0 saturated carbocycles. The number of carboxylic acid groups (broad SMARTS) is 1. The second-order valence-corrected chi connectivity index (χ2v) is 3.26. The summed E-state index contributed by atoms with van der Waals surface area (Å²) in [5.41, 5.74) is 3.22. The molecule has 1 aliphatic rings. The minimum atomic E-state index is -1.02. The third-order valence-electron chi connectivity index (χ3n) is 2.29. The van der Waals surface area contributed by atoms with E-state index in [2.05, 4.69) is 10.4 Å². The van der Waals surface area contributed by atoms with E-state index in [0.717, 1.165) is 0 Å². The molecule has 2 N–H and O–H groups in total. The molecule has 0 radical (unpaired) electrons. The minimum absolute atomic E-state index is 0.313. The normalized spacial score (nSPS) is 20.6. The Bertz CT molecular complexity index is 432. The van der Waals surface area contributed by atoms with Crippen LogP contribution in [0.15, 0.2) is 18.5 Å². The van der Waals surface area contributed by atoms with E-state index in [1.54, 1.807) is 0 Å². The van der Waals surface area contributed by atoms with Crippen molar-refractivity contribution in [1.29, 1.82) is 0 Å². The molecule has 1 aromatic heterocycles. The predicted octanol–water partition coefficient (Wildman–Crippen LogP) is -0.203. The highest BCUT2D eigenvalue weighted by molar-refractivity contribution is 5.98. The van der Waals surface area contributed by atoms with Crippen molar-refractivity contribution in [1.82, 2.24) is 15.4 Å². The Balaban J connectivity index is 2.56. The second kappa shape index (κ2) is 3.32. The molecule has 0 spiro atoms. The van der Waals surface area contributed by atoms with E-state index >= 15 is 0 Å². The van der Waals surface area contributed by atoms with E-state index in [-0.39, 0.29) is 5.91 Å². The molecule has 1 unspecified atom stereocenters. The summed E-state index contributed by atoms with van der Waals surface area (Å²) in [7, 11) is 1.51. The van der Waals surface area contributed by atoms with Crippen LogP contribution in [-0.4, -0.2) is 34.0 Å². The van der Waals surface area contributed by atoms with Crippen LogP contribution in [0.3, 0.4) is 0 Å². The first-order valence-electron chi connectivity index (χ1n) is 4.32. The van der Waals surface area contributed by atoms with Gasteiger partial charge in [-0.15, -0.1) is 0 Å². The number of aliphatic carboxylic acids is 1. The summed E-state index contributed by atoms with van der Waals surface area (Å²) in [4.78, 5) is 26.3. The zero-order valence-corrected chi connectivity index (χ0v) is 7.97. The fourth-order valence-corrected chi connectivity index (χ4v) is 1.62. The fourth-order valence-electron chi connectivity index (χ4n) is 1.62. The first-order chi connectivity index (χ1) is 7.11. The molecule has 0 saturated heterocycles. The average molecular weight is 207 g/mol. The molecule has 15 heavy (non-hydrogen) atoms. The first-order valence-corrected chi connectivity index (χ1v) is 4.32. The topological polar surface area (TPSA) is 82.5 Å². The number of carboxylic acids is 1. The van der Waals surface area contributed by atoms with Crippen molar-refractivity contribution < 1.29 is 14.7 Å². The van der Waals surface area contributed by atoms with Crippen LogP contribution in [-0.2, 0) is 4.79 Å². The predicted molar refractivity (Wildman–Crippen MR) is 49.8 cm³/mol. The van der Waals surface area contributed by atoms with Crippen LogP contribution in [0.4, 0.5) is 0 Å². The monoisotopic (exact) mass is 207 g/mol. The van der Waals surface area contributed by atoms with Crippen molar-refractivity contribution in [3.8, 4) is 0 Å². The van der Waals surface area contributed by atoms with Gasteiger partial charge in [-0.05, 0) is 6.07 Å². The summed E-state index contributed by atoms with van der Waals surface area (Å²) < 4.78 is 0. The Kier molecular flexibility index (Phi) is 2.12. The quantitative estimate of drug-likeness (QED) is 0.666. The molecule has 6 heteroatoms. The number of nitrogens with zero attached hydrogens (tertiary/aromatic N) is 2. The number of amides is 1. The Morgan fingerprint density at radius 1 is 1.67 bits per heavy atom. The Morgan fingerprint density at radius 3 is 3.07 bits per heavy atom. The highest BCUT2D eigenvalue weighted by Gasteiger charge is 2.34. The molecule has 0 bridgehead atoms. The smallest absolute Gasteiger partial charge is 0.327 e. The zero-order valence-electron chi connectivity index (χ0n) is 7.97. The maximum absolute atomic E-state index is 11.5. The van der Waals surface area contributed by atoms with Crippen LogP contribution in [0.25, 0.3) is 0 Å². The summed E-state index contributed by atoms with van der Waals surface area (Å²) in [5.74, 6) is -1.33. The zero-order chi connectivity index (χ0) is 11.0. The Hall–Kier alpha value is -1.95. The molecular formula is C9H9N3O3. The molecule has 1 amide bonds. The fraction of sp³-hybridized carbons (Fsp3) is 0.222. The van der Waals surface area contributed by atoms with Gasteiger partial charge in [0.05, 0.1) is 0 Å². The van der Waals surface area contributed by atoms with Gasteiger partial charge >= 0.3 is 5.97 Å². The van der Waals surface area contributed by atoms with Crippen LogP contribution >= 0.6 is 0 Å². The van der Waals surface area contributed by atoms with Gasteiger partial charge in [0.2, 0.25) is 0 Å². The Labute approximate surface area is 85.5 Å². The molecule has 2 heterocycles. The molecule has 1 atom stereocenters. The summed E-state index contributed by atoms with van der Waals surface area (Å²) in [5, 5.41) is 10.3. The van der Waals surface area contributed by atoms with Gasteiger partial charge < -0.3 is 5.11 Å². The third-order valence-corrected chi connectivity index (χ3v) is 2.29. The van der Waals surface area contributed by atoms with E-state index in [4.69, 9.17) is 5.11 Å². The number of carbonyl (C=O) groups is 2. The van der Waals surface area contributed by atoms with Gasteiger partial charge in [-0.3, -0.25) is 20.0 Å². The molecule has 78 valence electrons. The number of carbonyl (C=O) groups excluding carboxylic acids is 1. The lowest BCUT2D eigenvalue weighted by atomic mass is 10.0. The summed E-state index contributed by atoms with van der Waals surface area (Å²) in [6.07, 6.45) is 2.87. The van der Waals surface area contributed by atoms with Gasteiger partial charge in [-0.1, -0.05) is 0 Å². The standard InChI is InChI=1S/C9H9N3O3/c1-12-7(9(14)15)6-4-10-3-2-5(6)8(13)11-12/h2-4,7H,1H3,(H,11,13)(H,14,15). The van der Waals surface area contributed by atoms with Crippen LogP contribution in [0.2, 0.25) is 0 Å².